The van der Waals surface area contributed by atoms with Gasteiger partial charge in [-0.15, -0.1) is 0 Å². The SMILES string of the molecule is CCC[Si](C)(O[Si](C)(CCC)c1cccc(C)c1)c1cccc(C)c1. The fraction of sp³-hybridized carbons (Fsp3) is 0.455. The molecule has 2 rings (SSSR count). The van der Waals surface area contributed by atoms with Gasteiger partial charge in [0.05, 0.1) is 0 Å². The van der Waals surface area contributed by atoms with Crippen molar-refractivity contribution in [3.8, 4) is 0 Å². The van der Waals surface area contributed by atoms with Crippen LogP contribution in [0.4, 0.5) is 0 Å². The third kappa shape index (κ3) is 4.93. The molecule has 136 valence electrons. The Balaban J connectivity index is 2.46. The summed E-state index contributed by atoms with van der Waals surface area (Å²) in [5.41, 5.74) is 2.68. The summed E-state index contributed by atoms with van der Waals surface area (Å²) < 4.78 is 7.27. The van der Waals surface area contributed by atoms with Crippen LogP contribution in [0.15, 0.2) is 48.5 Å². The zero-order valence-electron chi connectivity index (χ0n) is 16.9. The largest absolute Gasteiger partial charge is 0.448 e. The molecule has 3 heteroatoms. The number of hydrogen-bond acceptors (Lipinski definition) is 1. The summed E-state index contributed by atoms with van der Waals surface area (Å²) in [5, 5.41) is 2.91. The average Bonchev–Trinajstić information content (AvgIpc) is 2.55. The van der Waals surface area contributed by atoms with Crippen molar-refractivity contribution in [2.24, 2.45) is 0 Å². The van der Waals surface area contributed by atoms with Crippen molar-refractivity contribution in [1.29, 1.82) is 0 Å². The Labute approximate surface area is 156 Å². The van der Waals surface area contributed by atoms with E-state index in [0.717, 1.165) is 0 Å². The van der Waals surface area contributed by atoms with E-state index in [1.807, 2.05) is 0 Å². The molecule has 2 aromatic carbocycles. The van der Waals surface area contributed by atoms with Crippen LogP contribution in [0.25, 0.3) is 0 Å². The van der Waals surface area contributed by atoms with Gasteiger partial charge in [0.1, 0.15) is 0 Å². The molecule has 0 aliphatic rings. The Hall–Kier alpha value is -1.17. The van der Waals surface area contributed by atoms with Gasteiger partial charge in [0.25, 0.3) is 0 Å². The second kappa shape index (κ2) is 8.48. The normalized spacial score (nSPS) is 16.2. The molecule has 25 heavy (non-hydrogen) atoms. The predicted octanol–water partition coefficient (Wildman–Crippen LogP) is 5.40. The van der Waals surface area contributed by atoms with E-state index < -0.39 is 16.6 Å². The molecule has 1 nitrogen and oxygen atoms in total. The smallest absolute Gasteiger partial charge is 0.209 e. The highest BCUT2D eigenvalue weighted by Gasteiger charge is 2.41. The van der Waals surface area contributed by atoms with Crippen molar-refractivity contribution in [1.82, 2.24) is 0 Å². The minimum atomic E-state index is -1.97. The highest BCUT2D eigenvalue weighted by molar-refractivity contribution is 6.97. The monoisotopic (exact) mass is 370 g/mol. The molecule has 0 aliphatic carbocycles. The molecule has 2 unspecified atom stereocenters. The minimum Gasteiger partial charge on any atom is -0.448 e. The molecule has 0 radical (unpaired) electrons. The highest BCUT2D eigenvalue weighted by Crippen LogP contribution is 2.25. The predicted molar refractivity (Wildman–Crippen MR) is 116 cm³/mol. The first-order valence-corrected chi connectivity index (χ1v) is 14.9. The topological polar surface area (TPSA) is 9.23 Å². The second-order valence-electron chi connectivity index (χ2n) is 7.80. The summed E-state index contributed by atoms with van der Waals surface area (Å²) in [6.45, 7) is 13.8. The van der Waals surface area contributed by atoms with Crippen LogP contribution < -0.4 is 10.4 Å². The molecule has 0 heterocycles. The molecule has 0 aliphatic heterocycles. The summed E-state index contributed by atoms with van der Waals surface area (Å²) in [6.07, 6.45) is 2.36. The third-order valence-electron chi connectivity index (χ3n) is 5.16. The van der Waals surface area contributed by atoms with E-state index in [2.05, 4.69) is 89.3 Å². The van der Waals surface area contributed by atoms with E-state index in [-0.39, 0.29) is 0 Å². The maximum atomic E-state index is 7.27. The lowest BCUT2D eigenvalue weighted by Crippen LogP contribution is -2.60. The molecule has 0 saturated carbocycles. The Bertz CT molecular complexity index is 640. The van der Waals surface area contributed by atoms with Crippen LogP contribution in [0.1, 0.15) is 37.8 Å². The number of benzene rings is 2. The van der Waals surface area contributed by atoms with E-state index in [9.17, 15) is 0 Å². The summed E-state index contributed by atoms with van der Waals surface area (Å²) in [7, 11) is -3.94. The number of rotatable bonds is 8. The van der Waals surface area contributed by atoms with Gasteiger partial charge < -0.3 is 4.12 Å². The molecule has 0 spiro atoms. The molecule has 0 bridgehead atoms. The van der Waals surface area contributed by atoms with Gasteiger partial charge in [-0.05, 0) is 49.4 Å². The van der Waals surface area contributed by atoms with Gasteiger partial charge in [0.15, 0.2) is 0 Å². The summed E-state index contributed by atoms with van der Waals surface area (Å²) in [6, 6.07) is 20.5. The van der Waals surface area contributed by atoms with Crippen molar-refractivity contribution >= 4 is 27.0 Å². The van der Waals surface area contributed by atoms with Crippen molar-refractivity contribution in [2.45, 2.75) is 65.7 Å². The lowest BCUT2D eigenvalue weighted by Gasteiger charge is -2.39. The third-order valence-corrected chi connectivity index (χ3v) is 14.7. The summed E-state index contributed by atoms with van der Waals surface area (Å²) >= 11 is 0. The molecule has 0 amide bonds. The lowest BCUT2D eigenvalue weighted by molar-refractivity contribution is 0.548. The number of hydrogen-bond donors (Lipinski definition) is 0. The summed E-state index contributed by atoms with van der Waals surface area (Å²) in [5.74, 6) is 0. The molecule has 0 saturated heterocycles. The van der Waals surface area contributed by atoms with Gasteiger partial charge in [-0.2, -0.15) is 0 Å². The van der Waals surface area contributed by atoms with Crippen LogP contribution in [0, 0.1) is 13.8 Å². The first-order valence-electron chi connectivity index (χ1n) is 9.67. The van der Waals surface area contributed by atoms with Gasteiger partial charge in [0, 0.05) is 0 Å². The average molecular weight is 371 g/mol. The van der Waals surface area contributed by atoms with E-state index >= 15 is 0 Å². The van der Waals surface area contributed by atoms with Crippen LogP contribution in [-0.2, 0) is 4.12 Å². The minimum absolute atomic E-state index is 1.18. The van der Waals surface area contributed by atoms with Crippen LogP contribution >= 0.6 is 0 Å². The zero-order valence-corrected chi connectivity index (χ0v) is 18.9. The molecule has 0 aromatic heterocycles. The van der Waals surface area contributed by atoms with E-state index in [4.69, 9.17) is 4.12 Å². The van der Waals surface area contributed by atoms with Crippen molar-refractivity contribution in [2.75, 3.05) is 0 Å². The Morgan fingerprint density at radius 3 is 1.44 bits per heavy atom. The quantitative estimate of drug-likeness (QED) is 0.565. The molecule has 2 aromatic rings. The molecule has 0 fully saturated rings. The van der Waals surface area contributed by atoms with Gasteiger partial charge in [-0.25, -0.2) is 0 Å². The molecular weight excluding hydrogens is 336 g/mol. The maximum absolute atomic E-state index is 7.27. The highest BCUT2D eigenvalue weighted by atomic mass is 28.4. The van der Waals surface area contributed by atoms with Crippen molar-refractivity contribution in [3.05, 3.63) is 59.7 Å². The van der Waals surface area contributed by atoms with Crippen LogP contribution in [0.3, 0.4) is 0 Å². The Morgan fingerprint density at radius 2 is 1.12 bits per heavy atom. The Morgan fingerprint density at radius 1 is 0.720 bits per heavy atom. The maximum Gasteiger partial charge on any atom is 0.209 e. The Kier molecular flexibility index (Phi) is 6.83. The summed E-state index contributed by atoms with van der Waals surface area (Å²) in [4.78, 5) is 0. The van der Waals surface area contributed by atoms with Crippen molar-refractivity contribution in [3.63, 3.8) is 0 Å². The molecular formula is C22H34OSi2. The van der Waals surface area contributed by atoms with Crippen LogP contribution in [0.2, 0.25) is 25.2 Å². The second-order valence-corrected chi connectivity index (χ2v) is 15.7. The first-order chi connectivity index (χ1) is 11.8. The molecule has 0 N–H and O–H groups in total. The van der Waals surface area contributed by atoms with Crippen molar-refractivity contribution < 1.29 is 4.12 Å². The van der Waals surface area contributed by atoms with E-state index in [0.29, 0.717) is 0 Å². The van der Waals surface area contributed by atoms with E-state index in [1.54, 1.807) is 0 Å². The fourth-order valence-electron chi connectivity index (χ4n) is 3.91. The standard InChI is InChI=1S/C22H34OSi2/c1-7-15-24(5,21-13-9-11-19(3)17-21)23-25(6,16-8-2)22-14-10-12-20(4)18-22/h9-14,17-18H,7-8,15-16H2,1-6H3. The van der Waals surface area contributed by atoms with Crippen LogP contribution in [0.5, 0.6) is 0 Å². The van der Waals surface area contributed by atoms with Gasteiger partial charge in [-0.1, -0.05) is 86.3 Å². The lowest BCUT2D eigenvalue weighted by atomic mass is 10.2. The van der Waals surface area contributed by atoms with Crippen LogP contribution in [-0.4, -0.2) is 16.6 Å². The first kappa shape index (κ1) is 20.1. The van der Waals surface area contributed by atoms with Gasteiger partial charge in [-0.3, -0.25) is 0 Å². The number of aryl methyl sites for hydroxylation is 2. The fourth-order valence-corrected chi connectivity index (χ4v) is 14.1. The van der Waals surface area contributed by atoms with E-state index in [1.165, 1.54) is 46.4 Å². The van der Waals surface area contributed by atoms with Gasteiger partial charge >= 0.3 is 0 Å². The zero-order chi connectivity index (χ0) is 18.5. The van der Waals surface area contributed by atoms with Gasteiger partial charge in [0.2, 0.25) is 16.6 Å². The molecule has 2 atom stereocenters.